The van der Waals surface area contributed by atoms with Crippen molar-refractivity contribution in [1.29, 1.82) is 0 Å². The summed E-state index contributed by atoms with van der Waals surface area (Å²) in [5, 5.41) is 107. The third kappa shape index (κ3) is 10.7. The number of carbonyl (C=O) groups excluding carboxylic acids is 1. The highest BCUT2D eigenvalue weighted by Gasteiger charge is 2.54. The Morgan fingerprint density at radius 1 is 0.644 bits per heavy atom. The molecular formula is C39H64O20. The lowest BCUT2D eigenvalue weighted by molar-refractivity contribution is -0.347. The first-order chi connectivity index (χ1) is 28.2. The van der Waals surface area contributed by atoms with Gasteiger partial charge in [0.1, 0.15) is 48.8 Å². The van der Waals surface area contributed by atoms with Gasteiger partial charge < -0.3 is 93.7 Å². The van der Waals surface area contributed by atoms with Crippen molar-refractivity contribution in [2.24, 2.45) is 17.8 Å². The van der Waals surface area contributed by atoms with E-state index in [0.29, 0.717) is 32.1 Å². The summed E-state index contributed by atoms with van der Waals surface area (Å²) in [7, 11) is 4.42. The van der Waals surface area contributed by atoms with Crippen LogP contribution in [0.25, 0.3) is 0 Å². The molecule has 0 aromatic rings. The summed E-state index contributed by atoms with van der Waals surface area (Å²) in [5.74, 6) is -1.85. The Bertz CT molecular complexity index is 1340. The van der Waals surface area contributed by atoms with E-state index in [9.17, 15) is 55.9 Å². The Labute approximate surface area is 342 Å². The van der Waals surface area contributed by atoms with Crippen LogP contribution >= 0.6 is 0 Å². The number of ether oxygens (including phenoxy) is 9. The number of aliphatic hydroxyl groups is 10. The van der Waals surface area contributed by atoms with Gasteiger partial charge in [-0.2, -0.15) is 0 Å². The molecule has 340 valence electrons. The van der Waals surface area contributed by atoms with E-state index in [2.05, 4.69) is 0 Å². The summed E-state index contributed by atoms with van der Waals surface area (Å²) in [6, 6.07) is 0. The van der Waals surface area contributed by atoms with Crippen LogP contribution in [-0.4, -0.2) is 214 Å². The van der Waals surface area contributed by atoms with E-state index >= 15 is 0 Å². The fourth-order valence-electron chi connectivity index (χ4n) is 9.73. The SMILES string of the molecule is COC1CC(C2OC3CC(O)CC(O)C3CC2O[C@@H]2O[C@H](CO[C@@H]3O[C@H](CO)[C@@H](O)[C@H](O)[C@H]3O)[C@@H](OC(=O)C=CC3CC(OC)C(O)C(OC)C3)[C@H](O)[C@H]2O)CCC1O. The monoisotopic (exact) mass is 852 g/mol. The van der Waals surface area contributed by atoms with Crippen LogP contribution in [0.4, 0.5) is 0 Å². The maximum atomic E-state index is 13.3. The van der Waals surface area contributed by atoms with Crippen LogP contribution in [0.1, 0.15) is 51.4 Å². The van der Waals surface area contributed by atoms with Crippen LogP contribution < -0.4 is 0 Å². The highest BCUT2D eigenvalue weighted by atomic mass is 16.7. The summed E-state index contributed by atoms with van der Waals surface area (Å²) >= 11 is 0. The van der Waals surface area contributed by atoms with Crippen molar-refractivity contribution in [3.05, 3.63) is 12.2 Å². The fourth-order valence-corrected chi connectivity index (χ4v) is 9.73. The fraction of sp³-hybridized carbons (Fsp3) is 0.923. The second-order valence-corrected chi connectivity index (χ2v) is 16.9. The molecule has 3 heterocycles. The zero-order valence-electron chi connectivity index (χ0n) is 33.6. The van der Waals surface area contributed by atoms with Gasteiger partial charge in [0.25, 0.3) is 0 Å². The van der Waals surface area contributed by atoms with E-state index in [1.807, 2.05) is 0 Å². The molecule has 3 aliphatic carbocycles. The van der Waals surface area contributed by atoms with E-state index in [4.69, 9.17) is 42.6 Å². The second-order valence-electron chi connectivity index (χ2n) is 16.9. The quantitative estimate of drug-likeness (QED) is 0.0632. The molecule has 21 atom stereocenters. The van der Waals surface area contributed by atoms with Crippen LogP contribution in [-0.2, 0) is 47.4 Å². The lowest BCUT2D eigenvalue weighted by Gasteiger charge is -2.51. The minimum Gasteiger partial charge on any atom is -0.453 e. The predicted molar refractivity (Wildman–Crippen MR) is 197 cm³/mol. The standard InChI is InChI=1S/C39H64O20/c1-51-23-10-17(5-6-20(23)42)36-26(13-19-21(43)11-18(41)12-22(19)55-36)56-39-35(50)33(48)37(28(58-39)15-54-38-34(49)32(47)31(46)27(14-40)57-38)59-29(44)7-4-16-8-24(52-2)30(45)25(9-16)53-3/h4,7,16-28,30-43,45-50H,5-6,8-15H2,1-3H3/t16?,17?,18?,19?,20?,21?,22?,23?,24?,25?,26?,27-,28-,30?,31-,32+,33-,34-,35-,36?,37-,38-,39-/m1/s1. The third-order valence-electron chi connectivity index (χ3n) is 13.2. The van der Waals surface area contributed by atoms with Crippen molar-refractivity contribution in [1.82, 2.24) is 0 Å². The molecule has 20 heteroatoms. The molecule has 0 aromatic heterocycles. The second kappa shape index (κ2) is 20.8. The highest BCUT2D eigenvalue weighted by Crippen LogP contribution is 2.44. The van der Waals surface area contributed by atoms with Gasteiger partial charge in [0, 0.05) is 33.3 Å². The van der Waals surface area contributed by atoms with Crippen molar-refractivity contribution in [2.45, 2.75) is 174 Å². The Morgan fingerprint density at radius 2 is 1.31 bits per heavy atom. The smallest absolute Gasteiger partial charge is 0.330 e. The molecule has 0 bridgehead atoms. The lowest BCUT2D eigenvalue weighted by Crippen LogP contribution is -2.64. The Balaban J connectivity index is 1.21. The van der Waals surface area contributed by atoms with E-state index < -0.39 is 148 Å². The molecule has 3 saturated carbocycles. The number of hydrogen-bond acceptors (Lipinski definition) is 20. The number of esters is 1. The first-order valence-corrected chi connectivity index (χ1v) is 20.6. The van der Waals surface area contributed by atoms with Gasteiger partial charge in [-0.15, -0.1) is 0 Å². The van der Waals surface area contributed by atoms with E-state index in [0.717, 1.165) is 6.08 Å². The zero-order chi connectivity index (χ0) is 42.7. The van der Waals surface area contributed by atoms with E-state index in [-0.39, 0.29) is 31.1 Å². The number of aliphatic hydroxyl groups excluding tert-OH is 10. The van der Waals surface area contributed by atoms with Gasteiger partial charge >= 0.3 is 5.97 Å². The molecule has 3 aliphatic heterocycles. The molecular weight excluding hydrogens is 788 g/mol. The summed E-state index contributed by atoms with van der Waals surface area (Å²) < 4.78 is 52.5. The molecule has 10 N–H and O–H groups in total. The molecule has 3 saturated heterocycles. The zero-order valence-corrected chi connectivity index (χ0v) is 33.6. The van der Waals surface area contributed by atoms with Crippen LogP contribution in [0.5, 0.6) is 0 Å². The minimum absolute atomic E-state index is 0.131. The van der Waals surface area contributed by atoms with Crippen LogP contribution in [0, 0.1) is 17.8 Å². The van der Waals surface area contributed by atoms with Gasteiger partial charge in [-0.05, 0) is 63.2 Å². The van der Waals surface area contributed by atoms with Crippen molar-refractivity contribution >= 4 is 5.97 Å². The third-order valence-corrected chi connectivity index (χ3v) is 13.2. The number of fused-ring (bicyclic) bond motifs is 1. The Hall–Kier alpha value is -1.51. The number of rotatable bonds is 13. The summed E-state index contributed by atoms with van der Waals surface area (Å²) in [6.07, 6.45) is -17.8. The lowest BCUT2D eigenvalue weighted by atomic mass is 9.72. The van der Waals surface area contributed by atoms with Gasteiger partial charge in [-0.1, -0.05) is 6.08 Å². The molecule has 0 aromatic carbocycles. The number of hydrogen-bond donors (Lipinski definition) is 10. The topological polar surface area (TPSA) is 302 Å². The molecule has 6 fully saturated rings. The molecule has 0 radical (unpaired) electrons. The Kier molecular flexibility index (Phi) is 16.5. The number of methoxy groups -OCH3 is 3. The molecule has 20 nitrogen and oxygen atoms in total. The average molecular weight is 853 g/mol. The number of allylic oxidation sites excluding steroid dienone is 1. The minimum atomic E-state index is -1.84. The van der Waals surface area contributed by atoms with Gasteiger partial charge in [-0.25, -0.2) is 4.79 Å². The van der Waals surface area contributed by atoms with Gasteiger partial charge in [0.2, 0.25) is 0 Å². The first kappa shape index (κ1) is 47.0. The summed E-state index contributed by atoms with van der Waals surface area (Å²) in [5.41, 5.74) is 0. The van der Waals surface area contributed by atoms with Crippen molar-refractivity contribution in [3.8, 4) is 0 Å². The van der Waals surface area contributed by atoms with Crippen LogP contribution in [0.2, 0.25) is 0 Å². The molecule has 6 rings (SSSR count). The van der Waals surface area contributed by atoms with Crippen LogP contribution in [0.15, 0.2) is 12.2 Å². The summed E-state index contributed by atoms with van der Waals surface area (Å²) in [4.78, 5) is 13.3. The Morgan fingerprint density at radius 3 is 1.97 bits per heavy atom. The van der Waals surface area contributed by atoms with Gasteiger partial charge in [0.05, 0.1) is 68.1 Å². The normalized spacial score (nSPS) is 49.7. The summed E-state index contributed by atoms with van der Waals surface area (Å²) in [6.45, 7) is -1.32. The van der Waals surface area contributed by atoms with E-state index in [1.54, 1.807) is 6.08 Å². The van der Waals surface area contributed by atoms with Crippen LogP contribution in [0.3, 0.4) is 0 Å². The largest absolute Gasteiger partial charge is 0.453 e. The highest BCUT2D eigenvalue weighted by molar-refractivity contribution is 5.82. The molecule has 0 spiro atoms. The average Bonchev–Trinajstić information content (AvgIpc) is 3.22. The number of carbonyl (C=O) groups is 1. The molecule has 0 amide bonds. The first-order valence-electron chi connectivity index (χ1n) is 20.6. The van der Waals surface area contributed by atoms with Crippen molar-refractivity contribution in [2.75, 3.05) is 34.5 Å². The van der Waals surface area contributed by atoms with Gasteiger partial charge in [0.15, 0.2) is 18.7 Å². The van der Waals surface area contributed by atoms with Crippen molar-refractivity contribution in [3.63, 3.8) is 0 Å². The molecule has 59 heavy (non-hydrogen) atoms. The van der Waals surface area contributed by atoms with Gasteiger partial charge in [-0.3, -0.25) is 0 Å². The van der Waals surface area contributed by atoms with Crippen molar-refractivity contribution < 1.29 is 98.5 Å². The molecule has 6 aliphatic rings. The van der Waals surface area contributed by atoms with E-state index in [1.165, 1.54) is 21.3 Å². The maximum absolute atomic E-state index is 13.3. The predicted octanol–water partition coefficient (Wildman–Crippen LogP) is -3.63. The molecule has 11 unspecified atom stereocenters. The maximum Gasteiger partial charge on any atom is 0.330 e.